The van der Waals surface area contributed by atoms with Crippen molar-refractivity contribution in [2.75, 3.05) is 6.61 Å². The second-order valence-electron chi connectivity index (χ2n) is 6.00. The first-order valence-corrected chi connectivity index (χ1v) is 9.26. The van der Waals surface area contributed by atoms with Gasteiger partial charge in [-0.1, -0.05) is 60.7 Å². The third-order valence-corrected chi connectivity index (χ3v) is 4.11. The monoisotopic (exact) mass is 405 g/mol. The van der Waals surface area contributed by atoms with Gasteiger partial charge in [0.05, 0.1) is 0 Å². The number of thiocarbonyl (C=S) groups is 1. The van der Waals surface area contributed by atoms with Crippen LogP contribution in [0.5, 0.6) is 5.75 Å². The minimum absolute atomic E-state index is 0.0269. The number of carbonyl (C=O) groups is 2. The smallest absolute Gasteiger partial charge is 0.269 e. The van der Waals surface area contributed by atoms with Crippen molar-refractivity contribution in [3.05, 3.63) is 90.5 Å². The molecule has 0 bridgehead atoms. The Morgan fingerprint density at radius 2 is 1.34 bits per heavy atom. The van der Waals surface area contributed by atoms with Crippen LogP contribution in [0.25, 0.3) is 11.1 Å². The van der Waals surface area contributed by atoms with Crippen LogP contribution in [0.2, 0.25) is 0 Å². The molecule has 0 aliphatic heterocycles. The van der Waals surface area contributed by atoms with Crippen LogP contribution in [0.4, 0.5) is 0 Å². The maximum atomic E-state index is 12.2. The summed E-state index contributed by atoms with van der Waals surface area (Å²) >= 11 is 5.00. The molecule has 7 heteroatoms. The lowest BCUT2D eigenvalue weighted by Crippen LogP contribution is -2.49. The lowest BCUT2D eigenvalue weighted by atomic mass is 10.0. The van der Waals surface area contributed by atoms with Crippen molar-refractivity contribution < 1.29 is 14.3 Å². The van der Waals surface area contributed by atoms with Crippen LogP contribution >= 0.6 is 12.2 Å². The topological polar surface area (TPSA) is 79.5 Å². The molecule has 0 fully saturated rings. The van der Waals surface area contributed by atoms with Crippen molar-refractivity contribution in [1.82, 2.24) is 16.2 Å². The molecule has 3 aromatic rings. The Hall–Kier alpha value is -3.71. The van der Waals surface area contributed by atoms with Crippen LogP contribution in [0, 0.1) is 0 Å². The molecule has 146 valence electrons. The zero-order chi connectivity index (χ0) is 20.5. The summed E-state index contributed by atoms with van der Waals surface area (Å²) in [6, 6.07) is 26.0. The van der Waals surface area contributed by atoms with Crippen LogP contribution < -0.4 is 20.9 Å². The van der Waals surface area contributed by atoms with Gasteiger partial charge in [0, 0.05) is 5.56 Å². The van der Waals surface area contributed by atoms with Gasteiger partial charge in [0.2, 0.25) is 0 Å². The normalized spacial score (nSPS) is 9.93. The van der Waals surface area contributed by atoms with Gasteiger partial charge in [-0.2, -0.15) is 0 Å². The van der Waals surface area contributed by atoms with Gasteiger partial charge in [0.15, 0.2) is 11.7 Å². The zero-order valence-corrected chi connectivity index (χ0v) is 16.2. The molecule has 0 heterocycles. The maximum absolute atomic E-state index is 12.2. The summed E-state index contributed by atoms with van der Waals surface area (Å²) in [5.74, 6) is -0.233. The molecule has 3 rings (SSSR count). The fourth-order valence-corrected chi connectivity index (χ4v) is 2.65. The zero-order valence-electron chi connectivity index (χ0n) is 15.4. The number of amides is 2. The quantitative estimate of drug-likeness (QED) is 0.449. The standard InChI is InChI=1S/C22H19N3O3S/c26-20(15-28-19-9-5-2-6-10-19)23-22(29)25-24-21(27)18-13-11-17(12-14-18)16-7-3-1-4-8-16/h1-14H,15H2,(H,24,27)(H2,23,25,26,29). The first-order chi connectivity index (χ1) is 14.1. The van der Waals surface area contributed by atoms with Crippen LogP contribution in [0.15, 0.2) is 84.9 Å². The van der Waals surface area contributed by atoms with Gasteiger partial charge in [-0.3, -0.25) is 25.8 Å². The van der Waals surface area contributed by atoms with Gasteiger partial charge in [-0.15, -0.1) is 0 Å². The number of para-hydroxylation sites is 1. The molecule has 0 aliphatic carbocycles. The number of ether oxygens (including phenoxy) is 1. The lowest BCUT2D eigenvalue weighted by molar-refractivity contribution is -0.121. The van der Waals surface area contributed by atoms with Crippen LogP contribution in [0.1, 0.15) is 10.4 Å². The molecule has 3 N–H and O–H groups in total. The van der Waals surface area contributed by atoms with E-state index in [1.165, 1.54) is 0 Å². The minimum Gasteiger partial charge on any atom is -0.484 e. The van der Waals surface area contributed by atoms with Crippen molar-refractivity contribution >= 4 is 29.1 Å². The van der Waals surface area contributed by atoms with Crippen molar-refractivity contribution in [2.45, 2.75) is 0 Å². The number of rotatable bonds is 5. The predicted octanol–water partition coefficient (Wildman–Crippen LogP) is 3.07. The van der Waals surface area contributed by atoms with Crippen molar-refractivity contribution in [2.24, 2.45) is 0 Å². The Labute approximate surface area is 173 Å². The summed E-state index contributed by atoms with van der Waals surface area (Å²) < 4.78 is 5.32. The average Bonchev–Trinajstić information content (AvgIpc) is 2.77. The van der Waals surface area contributed by atoms with Gasteiger partial charge < -0.3 is 4.74 Å². The van der Waals surface area contributed by atoms with Gasteiger partial charge in [0.25, 0.3) is 11.8 Å². The van der Waals surface area contributed by atoms with E-state index in [1.807, 2.05) is 48.5 Å². The SMILES string of the molecule is O=C(COc1ccccc1)NC(=S)NNC(=O)c1ccc(-c2ccccc2)cc1. The van der Waals surface area contributed by atoms with Crippen molar-refractivity contribution in [3.8, 4) is 16.9 Å². The van der Waals surface area contributed by atoms with Crippen molar-refractivity contribution in [1.29, 1.82) is 0 Å². The Kier molecular flexibility index (Phi) is 6.91. The number of nitrogens with one attached hydrogen (secondary N) is 3. The van der Waals surface area contributed by atoms with E-state index in [-0.39, 0.29) is 17.6 Å². The second-order valence-corrected chi connectivity index (χ2v) is 6.41. The van der Waals surface area contributed by atoms with E-state index in [4.69, 9.17) is 17.0 Å². The number of hydrazine groups is 1. The first kappa shape index (κ1) is 20.0. The molecule has 0 unspecified atom stereocenters. The molecule has 2 amide bonds. The lowest BCUT2D eigenvalue weighted by Gasteiger charge is -2.11. The third kappa shape index (κ3) is 6.15. The molecule has 0 radical (unpaired) electrons. The van der Waals surface area contributed by atoms with Crippen LogP contribution in [0.3, 0.4) is 0 Å². The first-order valence-electron chi connectivity index (χ1n) is 8.85. The van der Waals surface area contributed by atoms with E-state index >= 15 is 0 Å². The minimum atomic E-state index is -0.437. The molecule has 0 atom stereocenters. The summed E-state index contributed by atoms with van der Waals surface area (Å²) in [5, 5.41) is 2.40. The fraction of sp³-hybridized carbons (Fsp3) is 0.0455. The van der Waals surface area contributed by atoms with E-state index in [2.05, 4.69) is 16.2 Å². The number of carbonyl (C=O) groups excluding carboxylic acids is 2. The van der Waals surface area contributed by atoms with Gasteiger partial charge in [-0.25, -0.2) is 0 Å². The fourth-order valence-electron chi connectivity index (χ4n) is 2.49. The molecule has 0 aliphatic rings. The van der Waals surface area contributed by atoms with Gasteiger partial charge >= 0.3 is 0 Å². The summed E-state index contributed by atoms with van der Waals surface area (Å²) in [6.45, 7) is -0.194. The highest BCUT2D eigenvalue weighted by Gasteiger charge is 2.09. The predicted molar refractivity (Wildman–Crippen MR) is 115 cm³/mol. The van der Waals surface area contributed by atoms with E-state index < -0.39 is 5.91 Å². The molecular formula is C22H19N3O3S. The van der Waals surface area contributed by atoms with Gasteiger partial charge in [-0.05, 0) is 47.6 Å². The van der Waals surface area contributed by atoms with Gasteiger partial charge in [0.1, 0.15) is 5.75 Å². The van der Waals surface area contributed by atoms with Crippen LogP contribution in [-0.2, 0) is 4.79 Å². The summed E-state index contributed by atoms with van der Waals surface area (Å²) in [4.78, 5) is 24.1. The molecule has 0 aromatic heterocycles. The molecule has 6 nitrogen and oxygen atoms in total. The van der Waals surface area contributed by atoms with E-state index in [1.54, 1.807) is 36.4 Å². The Balaban J connectivity index is 1.43. The number of hydrogen-bond donors (Lipinski definition) is 3. The maximum Gasteiger partial charge on any atom is 0.269 e. The van der Waals surface area contributed by atoms with Crippen LogP contribution in [-0.4, -0.2) is 23.5 Å². The molecule has 29 heavy (non-hydrogen) atoms. The highest BCUT2D eigenvalue weighted by atomic mass is 32.1. The highest BCUT2D eigenvalue weighted by molar-refractivity contribution is 7.80. The Bertz CT molecular complexity index is 977. The summed E-state index contributed by atoms with van der Waals surface area (Å²) in [7, 11) is 0. The molecular weight excluding hydrogens is 386 g/mol. The molecule has 0 saturated heterocycles. The Morgan fingerprint density at radius 3 is 2.00 bits per heavy atom. The van der Waals surface area contributed by atoms with E-state index in [9.17, 15) is 9.59 Å². The second kappa shape index (κ2) is 10.0. The average molecular weight is 405 g/mol. The number of hydrogen-bond acceptors (Lipinski definition) is 4. The third-order valence-electron chi connectivity index (χ3n) is 3.91. The van der Waals surface area contributed by atoms with E-state index in [0.717, 1.165) is 11.1 Å². The van der Waals surface area contributed by atoms with E-state index in [0.29, 0.717) is 11.3 Å². The summed E-state index contributed by atoms with van der Waals surface area (Å²) in [6.07, 6.45) is 0. The largest absolute Gasteiger partial charge is 0.484 e. The molecule has 3 aromatic carbocycles. The molecule has 0 spiro atoms. The van der Waals surface area contributed by atoms with Crippen molar-refractivity contribution in [3.63, 3.8) is 0 Å². The number of benzene rings is 3. The Morgan fingerprint density at radius 1 is 0.759 bits per heavy atom. The highest BCUT2D eigenvalue weighted by Crippen LogP contribution is 2.19. The summed E-state index contributed by atoms with van der Waals surface area (Å²) in [5.41, 5.74) is 7.49. The molecule has 0 saturated carbocycles.